The molecule has 0 aliphatic heterocycles. The van der Waals surface area contributed by atoms with Crippen molar-refractivity contribution < 1.29 is 9.47 Å². The van der Waals surface area contributed by atoms with Crippen LogP contribution in [0.5, 0.6) is 0 Å². The monoisotopic (exact) mass is 251 g/mol. The van der Waals surface area contributed by atoms with Crippen LogP contribution in [0.15, 0.2) is 24.3 Å². The molecule has 0 unspecified atom stereocenters. The lowest BCUT2D eigenvalue weighted by Gasteiger charge is -2.06. The van der Waals surface area contributed by atoms with Crippen molar-refractivity contribution in [3.8, 4) is 0 Å². The summed E-state index contributed by atoms with van der Waals surface area (Å²) >= 11 is 0. The molecule has 0 saturated carbocycles. The zero-order chi connectivity index (χ0) is 13.1. The van der Waals surface area contributed by atoms with Crippen molar-refractivity contribution in [1.29, 1.82) is 0 Å². The maximum absolute atomic E-state index is 5.57. The van der Waals surface area contributed by atoms with Crippen molar-refractivity contribution in [3.63, 3.8) is 0 Å². The van der Waals surface area contributed by atoms with Gasteiger partial charge in [0.25, 0.3) is 0 Å². The molecule has 0 aromatic heterocycles. The van der Waals surface area contributed by atoms with Gasteiger partial charge >= 0.3 is 0 Å². The van der Waals surface area contributed by atoms with Crippen LogP contribution in [0.25, 0.3) is 0 Å². The summed E-state index contributed by atoms with van der Waals surface area (Å²) < 4.78 is 10.5. The van der Waals surface area contributed by atoms with E-state index in [1.165, 1.54) is 11.1 Å². The predicted molar refractivity (Wildman–Crippen MR) is 75.1 cm³/mol. The minimum Gasteiger partial charge on any atom is -0.383 e. The molecule has 0 radical (unpaired) electrons. The van der Waals surface area contributed by atoms with Gasteiger partial charge in [0.1, 0.15) is 0 Å². The largest absolute Gasteiger partial charge is 0.383 e. The highest BCUT2D eigenvalue weighted by Gasteiger charge is 1.94. The van der Waals surface area contributed by atoms with Gasteiger partial charge in [-0.3, -0.25) is 0 Å². The summed E-state index contributed by atoms with van der Waals surface area (Å²) in [7, 11) is 1.71. The Morgan fingerprint density at radius 2 is 1.61 bits per heavy atom. The van der Waals surface area contributed by atoms with Crippen LogP contribution < -0.4 is 5.32 Å². The van der Waals surface area contributed by atoms with Gasteiger partial charge in [0, 0.05) is 20.2 Å². The molecule has 0 saturated heterocycles. The summed E-state index contributed by atoms with van der Waals surface area (Å²) in [6.45, 7) is 6.25. The fourth-order valence-corrected chi connectivity index (χ4v) is 1.68. The fourth-order valence-electron chi connectivity index (χ4n) is 1.68. The van der Waals surface area contributed by atoms with E-state index in [0.717, 1.165) is 45.8 Å². The molecule has 3 heteroatoms. The van der Waals surface area contributed by atoms with E-state index in [9.17, 15) is 0 Å². The molecule has 3 nitrogen and oxygen atoms in total. The number of hydrogen-bond acceptors (Lipinski definition) is 3. The lowest BCUT2D eigenvalue weighted by Crippen LogP contribution is -2.23. The van der Waals surface area contributed by atoms with E-state index >= 15 is 0 Å². The first-order chi connectivity index (χ1) is 8.86. The molecule has 0 bridgehead atoms. The maximum Gasteiger partial charge on any atom is 0.0591 e. The maximum atomic E-state index is 5.57. The molecule has 102 valence electrons. The van der Waals surface area contributed by atoms with Crippen molar-refractivity contribution in [2.45, 2.75) is 19.8 Å². The van der Waals surface area contributed by atoms with E-state index in [0.29, 0.717) is 0 Å². The van der Waals surface area contributed by atoms with Crippen LogP contribution in [0.4, 0.5) is 0 Å². The summed E-state index contributed by atoms with van der Waals surface area (Å²) in [6.07, 6.45) is 2.09. The van der Waals surface area contributed by atoms with Gasteiger partial charge in [-0.2, -0.15) is 0 Å². The first-order valence-corrected chi connectivity index (χ1v) is 6.72. The summed E-state index contributed by atoms with van der Waals surface area (Å²) in [5.41, 5.74) is 2.74. The van der Waals surface area contributed by atoms with Crippen molar-refractivity contribution in [2.75, 3.05) is 40.0 Å². The number of aryl methyl sites for hydroxylation is 1. The van der Waals surface area contributed by atoms with Crippen molar-refractivity contribution in [3.05, 3.63) is 35.4 Å². The number of rotatable bonds is 10. The van der Waals surface area contributed by atoms with E-state index < -0.39 is 0 Å². The van der Waals surface area contributed by atoms with Gasteiger partial charge < -0.3 is 14.8 Å². The lowest BCUT2D eigenvalue weighted by molar-refractivity contribution is 0.135. The predicted octanol–water partition coefficient (Wildman–Crippen LogP) is 2.04. The number of methoxy groups -OCH3 is 1. The van der Waals surface area contributed by atoms with E-state index in [-0.39, 0.29) is 0 Å². The Morgan fingerprint density at radius 1 is 0.944 bits per heavy atom. The zero-order valence-electron chi connectivity index (χ0n) is 11.6. The topological polar surface area (TPSA) is 30.5 Å². The molecule has 0 amide bonds. The van der Waals surface area contributed by atoms with E-state index in [1.807, 2.05) is 0 Å². The Kier molecular flexibility index (Phi) is 8.47. The van der Waals surface area contributed by atoms with Crippen LogP contribution in [0.3, 0.4) is 0 Å². The Labute approximate surface area is 110 Å². The van der Waals surface area contributed by atoms with Crippen molar-refractivity contribution in [1.82, 2.24) is 5.32 Å². The summed E-state index contributed by atoms with van der Waals surface area (Å²) in [4.78, 5) is 0. The molecule has 1 aromatic rings. The van der Waals surface area contributed by atoms with Crippen LogP contribution in [0, 0.1) is 0 Å². The van der Waals surface area contributed by atoms with Crippen LogP contribution >= 0.6 is 0 Å². The summed E-state index contributed by atoms with van der Waals surface area (Å²) in [6, 6.07) is 8.78. The van der Waals surface area contributed by atoms with Crippen LogP contribution in [0.2, 0.25) is 0 Å². The molecule has 0 aliphatic carbocycles. The van der Waals surface area contributed by atoms with E-state index in [1.54, 1.807) is 7.11 Å². The zero-order valence-corrected chi connectivity index (χ0v) is 11.6. The summed E-state index contributed by atoms with van der Waals surface area (Å²) in [5, 5.41) is 3.25. The number of hydrogen-bond donors (Lipinski definition) is 1. The Bertz CT molecular complexity index is 298. The molecule has 0 spiro atoms. The van der Waals surface area contributed by atoms with Crippen LogP contribution in [-0.2, 0) is 22.3 Å². The quantitative estimate of drug-likeness (QED) is 0.646. The average Bonchev–Trinajstić information content (AvgIpc) is 2.42. The standard InChI is InChI=1S/C15H25NO2/c1-3-14-4-6-15(7-5-14)8-11-18-13-10-16-9-12-17-2/h4-7,16H,3,8-13H2,1-2H3. The second-order valence-corrected chi connectivity index (χ2v) is 4.28. The van der Waals surface area contributed by atoms with Crippen molar-refractivity contribution >= 4 is 0 Å². The Morgan fingerprint density at radius 3 is 2.28 bits per heavy atom. The number of nitrogens with one attached hydrogen (secondary N) is 1. The fraction of sp³-hybridized carbons (Fsp3) is 0.600. The Balaban J connectivity index is 2.00. The highest BCUT2D eigenvalue weighted by molar-refractivity contribution is 5.22. The summed E-state index contributed by atoms with van der Waals surface area (Å²) in [5.74, 6) is 0. The smallest absolute Gasteiger partial charge is 0.0591 e. The van der Waals surface area contributed by atoms with E-state index in [4.69, 9.17) is 9.47 Å². The normalized spacial score (nSPS) is 10.8. The van der Waals surface area contributed by atoms with Gasteiger partial charge in [-0.15, -0.1) is 0 Å². The molecule has 1 aromatic carbocycles. The third-order valence-corrected chi connectivity index (χ3v) is 2.87. The molecule has 0 aliphatic rings. The highest BCUT2D eigenvalue weighted by Crippen LogP contribution is 2.05. The Hall–Kier alpha value is -0.900. The van der Waals surface area contributed by atoms with Crippen LogP contribution in [-0.4, -0.2) is 40.0 Å². The minimum absolute atomic E-state index is 0.754. The molecule has 0 heterocycles. The van der Waals surface area contributed by atoms with Gasteiger partial charge in [0.05, 0.1) is 19.8 Å². The minimum atomic E-state index is 0.754. The van der Waals surface area contributed by atoms with Gasteiger partial charge in [-0.25, -0.2) is 0 Å². The van der Waals surface area contributed by atoms with Gasteiger partial charge in [-0.05, 0) is 24.0 Å². The first-order valence-electron chi connectivity index (χ1n) is 6.72. The number of benzene rings is 1. The van der Waals surface area contributed by atoms with Crippen LogP contribution in [0.1, 0.15) is 18.1 Å². The van der Waals surface area contributed by atoms with Gasteiger partial charge in [0.2, 0.25) is 0 Å². The highest BCUT2D eigenvalue weighted by atomic mass is 16.5. The number of ether oxygens (including phenoxy) is 2. The third-order valence-electron chi connectivity index (χ3n) is 2.87. The van der Waals surface area contributed by atoms with Gasteiger partial charge in [-0.1, -0.05) is 31.2 Å². The van der Waals surface area contributed by atoms with Crippen molar-refractivity contribution in [2.24, 2.45) is 0 Å². The first kappa shape index (κ1) is 15.2. The SMILES string of the molecule is CCc1ccc(CCOCCNCCOC)cc1. The second-order valence-electron chi connectivity index (χ2n) is 4.28. The average molecular weight is 251 g/mol. The van der Waals surface area contributed by atoms with E-state index in [2.05, 4.69) is 36.5 Å². The lowest BCUT2D eigenvalue weighted by atomic mass is 10.1. The molecule has 18 heavy (non-hydrogen) atoms. The molecular formula is C15H25NO2. The molecular weight excluding hydrogens is 226 g/mol. The molecule has 0 fully saturated rings. The second kappa shape index (κ2) is 10.1. The molecule has 1 rings (SSSR count). The third kappa shape index (κ3) is 6.74. The molecule has 1 N–H and O–H groups in total. The molecule has 0 atom stereocenters. The van der Waals surface area contributed by atoms with Gasteiger partial charge in [0.15, 0.2) is 0 Å².